The molecule has 2 heterocycles. The molecule has 4 nitrogen and oxygen atoms in total. The molecule has 3 aromatic rings. The van der Waals surface area contributed by atoms with Gasteiger partial charge in [0.2, 0.25) is 0 Å². The lowest BCUT2D eigenvalue weighted by Gasteiger charge is -2.08. The molecule has 0 bridgehead atoms. The Morgan fingerprint density at radius 3 is 2.43 bits per heavy atom. The van der Waals surface area contributed by atoms with Crippen molar-refractivity contribution < 1.29 is 0 Å². The minimum absolute atomic E-state index is 0.958. The Bertz CT molecular complexity index is 839. The lowest BCUT2D eigenvalue weighted by atomic mass is 10.2. The standard InChI is InChI=1S/C19H26N4/c1-6-10-22-17-9-8-13(3)12-16(17)20-19(22)18-14(4)21-23(11-7-2)15(18)5/h8-9,12H,6-7,10-11H2,1-5H3. The molecular formula is C19H26N4. The molecule has 4 heteroatoms. The summed E-state index contributed by atoms with van der Waals surface area (Å²) in [4.78, 5) is 4.97. The van der Waals surface area contributed by atoms with Crippen molar-refractivity contribution in [2.45, 2.75) is 60.5 Å². The van der Waals surface area contributed by atoms with E-state index in [0.29, 0.717) is 0 Å². The van der Waals surface area contributed by atoms with Gasteiger partial charge in [0.15, 0.2) is 0 Å². The number of aromatic nitrogens is 4. The van der Waals surface area contributed by atoms with Crippen LogP contribution in [0.5, 0.6) is 0 Å². The van der Waals surface area contributed by atoms with Crippen LogP contribution in [-0.2, 0) is 13.1 Å². The highest BCUT2D eigenvalue weighted by molar-refractivity contribution is 5.82. The van der Waals surface area contributed by atoms with Crippen molar-refractivity contribution in [1.82, 2.24) is 19.3 Å². The van der Waals surface area contributed by atoms with Crippen molar-refractivity contribution in [2.75, 3.05) is 0 Å². The Kier molecular flexibility index (Phi) is 4.24. The third-order valence-corrected chi connectivity index (χ3v) is 4.39. The first-order valence-corrected chi connectivity index (χ1v) is 8.58. The Balaban J connectivity index is 2.25. The summed E-state index contributed by atoms with van der Waals surface area (Å²) in [6.07, 6.45) is 2.18. The topological polar surface area (TPSA) is 35.6 Å². The number of benzene rings is 1. The zero-order chi connectivity index (χ0) is 16.6. The molecule has 0 aliphatic carbocycles. The zero-order valence-electron chi connectivity index (χ0n) is 14.8. The second kappa shape index (κ2) is 6.19. The van der Waals surface area contributed by atoms with Crippen LogP contribution in [0.15, 0.2) is 18.2 Å². The van der Waals surface area contributed by atoms with Crippen LogP contribution < -0.4 is 0 Å². The maximum atomic E-state index is 4.97. The smallest absolute Gasteiger partial charge is 0.144 e. The van der Waals surface area contributed by atoms with Gasteiger partial charge in [0.1, 0.15) is 5.82 Å². The average Bonchev–Trinajstić information content (AvgIpc) is 2.98. The largest absolute Gasteiger partial charge is 0.324 e. The summed E-state index contributed by atoms with van der Waals surface area (Å²) in [6.45, 7) is 12.7. The SMILES string of the molecule is CCCn1nc(C)c(-c2nc3cc(C)ccc3n2CCC)c1C. The maximum absolute atomic E-state index is 4.97. The van der Waals surface area contributed by atoms with Crippen LogP contribution in [0.2, 0.25) is 0 Å². The van der Waals surface area contributed by atoms with Gasteiger partial charge in [-0.15, -0.1) is 0 Å². The normalized spacial score (nSPS) is 11.5. The quantitative estimate of drug-likeness (QED) is 0.688. The first-order valence-electron chi connectivity index (χ1n) is 8.58. The number of fused-ring (bicyclic) bond motifs is 1. The minimum atomic E-state index is 0.958. The Hall–Kier alpha value is -2.10. The maximum Gasteiger partial charge on any atom is 0.144 e. The van der Waals surface area contributed by atoms with Crippen molar-refractivity contribution in [3.05, 3.63) is 35.2 Å². The lowest BCUT2D eigenvalue weighted by Crippen LogP contribution is -2.03. The van der Waals surface area contributed by atoms with Crippen LogP contribution in [0.1, 0.15) is 43.6 Å². The number of aryl methyl sites for hydroxylation is 4. The molecule has 0 saturated carbocycles. The highest BCUT2D eigenvalue weighted by Crippen LogP contribution is 2.30. The minimum Gasteiger partial charge on any atom is -0.324 e. The van der Waals surface area contributed by atoms with E-state index in [1.54, 1.807) is 0 Å². The molecule has 0 atom stereocenters. The third-order valence-electron chi connectivity index (χ3n) is 4.39. The number of nitrogens with zero attached hydrogens (tertiary/aromatic N) is 4. The van der Waals surface area contributed by atoms with E-state index in [9.17, 15) is 0 Å². The fourth-order valence-corrected chi connectivity index (χ4v) is 3.33. The summed E-state index contributed by atoms with van der Waals surface area (Å²) in [5.41, 5.74) is 7.03. The van der Waals surface area contributed by atoms with Gasteiger partial charge in [0.25, 0.3) is 0 Å². The predicted molar refractivity (Wildman–Crippen MR) is 95.7 cm³/mol. The second-order valence-electron chi connectivity index (χ2n) is 6.35. The van der Waals surface area contributed by atoms with E-state index >= 15 is 0 Å². The van der Waals surface area contributed by atoms with Crippen molar-refractivity contribution in [3.8, 4) is 11.4 Å². The van der Waals surface area contributed by atoms with Gasteiger partial charge in [-0.3, -0.25) is 4.68 Å². The molecule has 3 rings (SSSR count). The molecule has 0 radical (unpaired) electrons. The number of hydrogen-bond acceptors (Lipinski definition) is 2. The van der Waals surface area contributed by atoms with E-state index in [4.69, 9.17) is 10.1 Å². The molecule has 23 heavy (non-hydrogen) atoms. The zero-order valence-corrected chi connectivity index (χ0v) is 14.8. The van der Waals surface area contributed by atoms with Crippen LogP contribution in [-0.4, -0.2) is 19.3 Å². The fraction of sp³-hybridized carbons (Fsp3) is 0.474. The van der Waals surface area contributed by atoms with Gasteiger partial charge in [-0.25, -0.2) is 4.98 Å². The van der Waals surface area contributed by atoms with Crippen molar-refractivity contribution in [2.24, 2.45) is 0 Å². The van der Waals surface area contributed by atoms with Gasteiger partial charge in [0, 0.05) is 18.8 Å². The Morgan fingerprint density at radius 1 is 1.00 bits per heavy atom. The highest BCUT2D eigenvalue weighted by Gasteiger charge is 2.20. The van der Waals surface area contributed by atoms with Gasteiger partial charge >= 0.3 is 0 Å². The molecule has 0 N–H and O–H groups in total. The van der Waals surface area contributed by atoms with E-state index in [1.165, 1.54) is 22.3 Å². The molecular weight excluding hydrogens is 284 g/mol. The Labute approximate surface area is 138 Å². The van der Waals surface area contributed by atoms with Crippen molar-refractivity contribution >= 4 is 11.0 Å². The summed E-state index contributed by atoms with van der Waals surface area (Å²) in [7, 11) is 0. The van der Waals surface area contributed by atoms with Crippen LogP contribution in [0.25, 0.3) is 22.4 Å². The summed E-state index contributed by atoms with van der Waals surface area (Å²) < 4.78 is 4.47. The number of rotatable bonds is 5. The van der Waals surface area contributed by atoms with E-state index in [0.717, 1.165) is 43.0 Å². The molecule has 0 amide bonds. The lowest BCUT2D eigenvalue weighted by molar-refractivity contribution is 0.583. The van der Waals surface area contributed by atoms with Gasteiger partial charge in [-0.2, -0.15) is 5.10 Å². The second-order valence-corrected chi connectivity index (χ2v) is 6.35. The molecule has 0 unspecified atom stereocenters. The molecule has 2 aromatic heterocycles. The first-order chi connectivity index (χ1) is 11.1. The monoisotopic (exact) mass is 310 g/mol. The van der Waals surface area contributed by atoms with Crippen molar-refractivity contribution in [1.29, 1.82) is 0 Å². The van der Waals surface area contributed by atoms with E-state index in [-0.39, 0.29) is 0 Å². The van der Waals surface area contributed by atoms with Gasteiger partial charge in [-0.1, -0.05) is 19.9 Å². The Morgan fingerprint density at radius 2 is 1.74 bits per heavy atom. The van der Waals surface area contributed by atoms with Crippen LogP contribution in [0, 0.1) is 20.8 Å². The summed E-state index contributed by atoms with van der Waals surface area (Å²) in [5.74, 6) is 1.06. The number of hydrogen-bond donors (Lipinski definition) is 0. The summed E-state index contributed by atoms with van der Waals surface area (Å²) in [6, 6.07) is 6.53. The predicted octanol–water partition coefficient (Wildman–Crippen LogP) is 4.65. The van der Waals surface area contributed by atoms with E-state index < -0.39 is 0 Å². The van der Waals surface area contributed by atoms with Crippen molar-refractivity contribution in [3.63, 3.8) is 0 Å². The molecule has 122 valence electrons. The van der Waals surface area contributed by atoms with E-state index in [2.05, 4.69) is 62.1 Å². The van der Waals surface area contributed by atoms with Crippen LogP contribution >= 0.6 is 0 Å². The molecule has 0 aliphatic heterocycles. The molecule has 0 aliphatic rings. The van der Waals surface area contributed by atoms with Gasteiger partial charge < -0.3 is 4.57 Å². The van der Waals surface area contributed by atoms with Crippen LogP contribution in [0.3, 0.4) is 0 Å². The van der Waals surface area contributed by atoms with Gasteiger partial charge in [-0.05, 0) is 51.3 Å². The molecule has 0 saturated heterocycles. The van der Waals surface area contributed by atoms with Gasteiger partial charge in [0.05, 0.1) is 22.3 Å². The fourth-order valence-electron chi connectivity index (χ4n) is 3.33. The molecule has 1 aromatic carbocycles. The first kappa shape index (κ1) is 15.8. The van der Waals surface area contributed by atoms with Crippen LogP contribution in [0.4, 0.5) is 0 Å². The summed E-state index contributed by atoms with van der Waals surface area (Å²) >= 11 is 0. The highest BCUT2D eigenvalue weighted by atomic mass is 15.3. The third kappa shape index (κ3) is 2.67. The molecule has 0 fully saturated rings. The molecule has 0 spiro atoms. The summed E-state index contributed by atoms with van der Waals surface area (Å²) in [5, 5.41) is 4.73. The average molecular weight is 310 g/mol. The number of imidazole rings is 1. The van der Waals surface area contributed by atoms with E-state index in [1.807, 2.05) is 0 Å².